The van der Waals surface area contributed by atoms with E-state index in [1.54, 1.807) is 23.2 Å². The van der Waals surface area contributed by atoms with Gasteiger partial charge in [0.25, 0.3) is 5.56 Å². The molecule has 0 aliphatic carbocycles. The highest BCUT2D eigenvalue weighted by molar-refractivity contribution is 5.79. The summed E-state index contributed by atoms with van der Waals surface area (Å²) >= 11 is 0. The predicted molar refractivity (Wildman–Crippen MR) is 85.5 cm³/mol. The molecule has 1 N–H and O–H groups in total. The van der Waals surface area contributed by atoms with Gasteiger partial charge in [0.1, 0.15) is 11.7 Å². The van der Waals surface area contributed by atoms with Gasteiger partial charge >= 0.3 is 5.97 Å². The molecule has 2 rings (SSSR count). The van der Waals surface area contributed by atoms with E-state index in [1.807, 2.05) is 44.3 Å². The summed E-state index contributed by atoms with van der Waals surface area (Å²) in [7, 11) is 1.81. The molecule has 1 aromatic carbocycles. The van der Waals surface area contributed by atoms with E-state index < -0.39 is 6.04 Å². The number of aromatic nitrogens is 2. The number of esters is 1. The Kier molecular flexibility index (Phi) is 4.70. The molecule has 0 radical (unpaired) electrons. The molecule has 1 aromatic heterocycles. The molecule has 118 valence electrons. The zero-order valence-electron chi connectivity index (χ0n) is 13.3. The Labute approximate surface area is 129 Å². The maximum Gasteiger partial charge on any atom is 0.328 e. The molecular weight excluding hydrogens is 282 g/mol. The summed E-state index contributed by atoms with van der Waals surface area (Å²) in [4.78, 5) is 24.4. The molecule has 0 spiro atoms. The largest absolute Gasteiger partial charge is 0.464 e. The van der Waals surface area contributed by atoms with Gasteiger partial charge in [-0.15, -0.1) is 0 Å². The van der Waals surface area contributed by atoms with E-state index in [2.05, 4.69) is 5.32 Å². The second-order valence-electron chi connectivity index (χ2n) is 5.05. The molecule has 0 unspecified atom stereocenters. The first-order valence-corrected chi connectivity index (χ1v) is 7.24. The Morgan fingerprint density at radius 1 is 1.32 bits per heavy atom. The maximum absolute atomic E-state index is 12.7. The number of carbonyl (C=O) groups is 1. The van der Waals surface area contributed by atoms with E-state index in [0.29, 0.717) is 12.3 Å². The highest BCUT2D eigenvalue weighted by Crippen LogP contribution is 2.15. The fourth-order valence-corrected chi connectivity index (χ4v) is 2.28. The van der Waals surface area contributed by atoms with Crippen LogP contribution in [0.15, 0.2) is 35.1 Å². The molecule has 0 fully saturated rings. The molecule has 0 aliphatic heterocycles. The second kappa shape index (κ2) is 6.51. The van der Waals surface area contributed by atoms with Crippen molar-refractivity contribution in [1.82, 2.24) is 9.36 Å². The minimum Gasteiger partial charge on any atom is -0.464 e. The Hall–Kier alpha value is -2.50. The average Bonchev–Trinajstić information content (AvgIpc) is 2.72. The highest BCUT2D eigenvalue weighted by atomic mass is 16.5. The van der Waals surface area contributed by atoms with Gasteiger partial charge in [-0.25, -0.2) is 9.48 Å². The molecule has 1 atom stereocenters. The van der Waals surface area contributed by atoms with Crippen molar-refractivity contribution in [3.63, 3.8) is 0 Å². The Bertz CT molecular complexity index is 716. The summed E-state index contributed by atoms with van der Waals surface area (Å²) in [5.41, 5.74) is 1.74. The third-order valence-electron chi connectivity index (χ3n) is 3.56. The van der Waals surface area contributed by atoms with Crippen LogP contribution >= 0.6 is 0 Å². The predicted octanol–water partition coefficient (Wildman–Crippen LogP) is 1.85. The van der Waals surface area contributed by atoms with Gasteiger partial charge in [-0.2, -0.15) is 0 Å². The van der Waals surface area contributed by atoms with Crippen molar-refractivity contribution < 1.29 is 9.53 Å². The van der Waals surface area contributed by atoms with E-state index in [-0.39, 0.29) is 11.5 Å². The molecule has 6 heteroatoms. The van der Waals surface area contributed by atoms with Crippen LogP contribution in [0.3, 0.4) is 0 Å². The zero-order chi connectivity index (χ0) is 16.3. The molecular formula is C16H21N3O3. The average molecular weight is 303 g/mol. The maximum atomic E-state index is 12.7. The first kappa shape index (κ1) is 15.9. The van der Waals surface area contributed by atoms with Crippen molar-refractivity contribution >= 4 is 11.7 Å². The minimum atomic E-state index is -0.585. The lowest BCUT2D eigenvalue weighted by Gasteiger charge is -2.12. The lowest BCUT2D eigenvalue weighted by molar-refractivity contribution is -0.143. The fraction of sp³-hybridized carbons (Fsp3) is 0.375. The first-order valence-electron chi connectivity index (χ1n) is 7.24. The van der Waals surface area contributed by atoms with Crippen molar-refractivity contribution in [2.24, 2.45) is 7.05 Å². The van der Waals surface area contributed by atoms with Gasteiger partial charge < -0.3 is 10.1 Å². The second-order valence-corrected chi connectivity index (χ2v) is 5.05. The van der Waals surface area contributed by atoms with Crippen LogP contribution in [0.2, 0.25) is 0 Å². The van der Waals surface area contributed by atoms with Gasteiger partial charge in [-0.05, 0) is 32.9 Å². The van der Waals surface area contributed by atoms with Crippen LogP contribution < -0.4 is 10.9 Å². The third-order valence-corrected chi connectivity index (χ3v) is 3.56. The van der Waals surface area contributed by atoms with Crippen molar-refractivity contribution in [2.75, 3.05) is 11.9 Å². The van der Waals surface area contributed by atoms with Crippen LogP contribution in [0.5, 0.6) is 0 Å². The molecule has 0 amide bonds. The van der Waals surface area contributed by atoms with Crippen LogP contribution in [0.25, 0.3) is 5.69 Å². The normalized spacial score (nSPS) is 12.0. The quantitative estimate of drug-likeness (QED) is 0.856. The van der Waals surface area contributed by atoms with Crippen LogP contribution in [-0.2, 0) is 16.6 Å². The standard InChI is InChI=1S/C16H21N3O3/c1-5-22-16(21)11(2)17-14-12(3)18(4)19(15(14)20)13-9-7-6-8-10-13/h6-11,17H,5H2,1-4H3/t11-/m1/s1. The summed E-state index contributed by atoms with van der Waals surface area (Å²) in [5.74, 6) is -0.378. The fourth-order valence-electron chi connectivity index (χ4n) is 2.28. The third kappa shape index (κ3) is 2.90. The number of nitrogens with one attached hydrogen (secondary N) is 1. The number of hydrogen-bond acceptors (Lipinski definition) is 4. The van der Waals surface area contributed by atoms with Crippen LogP contribution in [0.1, 0.15) is 19.5 Å². The molecule has 0 aliphatic rings. The monoisotopic (exact) mass is 303 g/mol. The first-order chi connectivity index (χ1) is 10.5. The molecule has 6 nitrogen and oxygen atoms in total. The molecule has 0 saturated carbocycles. The van der Waals surface area contributed by atoms with E-state index in [4.69, 9.17) is 4.74 Å². The number of hydrogen-bond donors (Lipinski definition) is 1. The molecule has 0 saturated heterocycles. The zero-order valence-corrected chi connectivity index (χ0v) is 13.3. The van der Waals surface area contributed by atoms with Gasteiger partial charge in [0, 0.05) is 7.05 Å². The van der Waals surface area contributed by atoms with E-state index in [1.165, 1.54) is 0 Å². The van der Waals surface area contributed by atoms with Gasteiger partial charge in [0.05, 0.1) is 18.0 Å². The van der Waals surface area contributed by atoms with E-state index in [9.17, 15) is 9.59 Å². The highest BCUT2D eigenvalue weighted by Gasteiger charge is 2.21. The number of ether oxygens (including phenoxy) is 1. The van der Waals surface area contributed by atoms with Crippen molar-refractivity contribution in [1.29, 1.82) is 0 Å². The summed E-state index contributed by atoms with van der Waals surface area (Å²) in [6.07, 6.45) is 0. The van der Waals surface area contributed by atoms with Crippen LogP contribution in [0, 0.1) is 6.92 Å². The van der Waals surface area contributed by atoms with Crippen molar-refractivity contribution in [3.8, 4) is 5.69 Å². The number of para-hydroxylation sites is 1. The number of rotatable bonds is 5. The topological polar surface area (TPSA) is 65.3 Å². The smallest absolute Gasteiger partial charge is 0.328 e. The van der Waals surface area contributed by atoms with E-state index >= 15 is 0 Å². The lowest BCUT2D eigenvalue weighted by atomic mass is 10.3. The Balaban J connectivity index is 2.39. The molecule has 2 aromatic rings. The summed E-state index contributed by atoms with van der Waals surface area (Å²) < 4.78 is 8.29. The van der Waals surface area contributed by atoms with Crippen molar-refractivity contribution in [2.45, 2.75) is 26.8 Å². The van der Waals surface area contributed by atoms with Gasteiger partial charge in [-0.1, -0.05) is 18.2 Å². The van der Waals surface area contributed by atoms with Crippen LogP contribution in [0.4, 0.5) is 5.69 Å². The molecule has 22 heavy (non-hydrogen) atoms. The number of carbonyl (C=O) groups excluding carboxylic acids is 1. The summed E-state index contributed by atoms with van der Waals surface area (Å²) in [5, 5.41) is 2.97. The van der Waals surface area contributed by atoms with Crippen molar-refractivity contribution in [3.05, 3.63) is 46.4 Å². The summed E-state index contributed by atoms with van der Waals surface area (Å²) in [6, 6.07) is 8.78. The minimum absolute atomic E-state index is 0.192. The Morgan fingerprint density at radius 2 is 1.95 bits per heavy atom. The van der Waals surface area contributed by atoms with Crippen LogP contribution in [-0.4, -0.2) is 28.0 Å². The summed E-state index contributed by atoms with van der Waals surface area (Å²) in [6.45, 7) is 5.57. The number of nitrogens with zero attached hydrogens (tertiary/aromatic N) is 2. The van der Waals surface area contributed by atoms with E-state index in [0.717, 1.165) is 11.4 Å². The van der Waals surface area contributed by atoms with Gasteiger partial charge in [-0.3, -0.25) is 9.48 Å². The lowest BCUT2D eigenvalue weighted by Crippen LogP contribution is -2.31. The van der Waals surface area contributed by atoms with Gasteiger partial charge in [0.15, 0.2) is 0 Å². The Morgan fingerprint density at radius 3 is 2.55 bits per heavy atom. The number of anilines is 1. The SMILES string of the molecule is CCOC(=O)[C@@H](C)Nc1c(C)n(C)n(-c2ccccc2)c1=O. The molecule has 0 bridgehead atoms. The number of benzene rings is 1. The van der Waals surface area contributed by atoms with Gasteiger partial charge in [0.2, 0.25) is 0 Å². The molecule has 1 heterocycles.